The molecule has 1 saturated heterocycles. The molecule has 0 radical (unpaired) electrons. The molecule has 1 aromatic carbocycles. The van der Waals surface area contributed by atoms with Crippen molar-refractivity contribution in [1.29, 1.82) is 0 Å². The summed E-state index contributed by atoms with van der Waals surface area (Å²) in [6.45, 7) is 2.05. The van der Waals surface area contributed by atoms with Crippen LogP contribution in [0.5, 0.6) is 0 Å². The number of rotatable bonds is 5. The molecule has 1 aliphatic heterocycles. The summed E-state index contributed by atoms with van der Waals surface area (Å²) >= 11 is 0. The van der Waals surface area contributed by atoms with Crippen molar-refractivity contribution in [1.82, 2.24) is 4.31 Å². The molecule has 1 heterocycles. The quantitative estimate of drug-likeness (QED) is 0.909. The van der Waals surface area contributed by atoms with Gasteiger partial charge in [-0.15, -0.1) is 0 Å². The second-order valence-electron chi connectivity index (χ2n) is 5.47. The van der Waals surface area contributed by atoms with E-state index in [-0.39, 0.29) is 16.5 Å². The Morgan fingerprint density at radius 3 is 2.81 bits per heavy atom. The Bertz CT molecular complexity index is 587. The number of halogens is 1. The van der Waals surface area contributed by atoms with Gasteiger partial charge in [-0.05, 0) is 37.5 Å². The summed E-state index contributed by atoms with van der Waals surface area (Å²) in [4.78, 5) is 0.0657. The SMILES string of the molecule is CCCC1CCCCN1S(=O)(=O)c1ccc(F)c(CO)c1. The lowest BCUT2D eigenvalue weighted by Crippen LogP contribution is -2.43. The highest BCUT2D eigenvalue weighted by atomic mass is 32.2. The van der Waals surface area contributed by atoms with Crippen LogP contribution in [0.1, 0.15) is 44.6 Å². The average Bonchev–Trinajstić information content (AvgIpc) is 2.48. The van der Waals surface area contributed by atoms with Gasteiger partial charge in [0.25, 0.3) is 0 Å². The van der Waals surface area contributed by atoms with Crippen LogP contribution in [-0.4, -0.2) is 30.4 Å². The summed E-state index contributed by atoms with van der Waals surface area (Å²) in [5.41, 5.74) is 0.0140. The lowest BCUT2D eigenvalue weighted by atomic mass is 10.0. The van der Waals surface area contributed by atoms with Crippen molar-refractivity contribution in [3.63, 3.8) is 0 Å². The van der Waals surface area contributed by atoms with Crippen molar-refractivity contribution < 1.29 is 17.9 Å². The summed E-state index contributed by atoms with van der Waals surface area (Å²) in [5.74, 6) is -0.583. The molecule has 0 aliphatic carbocycles. The molecule has 1 aromatic rings. The Morgan fingerprint density at radius 1 is 1.38 bits per heavy atom. The van der Waals surface area contributed by atoms with Gasteiger partial charge < -0.3 is 5.11 Å². The second kappa shape index (κ2) is 6.85. The monoisotopic (exact) mass is 315 g/mol. The molecule has 0 spiro atoms. The fourth-order valence-corrected chi connectivity index (χ4v) is 4.66. The molecule has 1 N–H and O–H groups in total. The molecule has 6 heteroatoms. The first kappa shape index (κ1) is 16.4. The lowest BCUT2D eigenvalue weighted by molar-refractivity contribution is 0.239. The van der Waals surface area contributed by atoms with Gasteiger partial charge in [0.15, 0.2) is 0 Å². The van der Waals surface area contributed by atoms with Gasteiger partial charge in [-0.3, -0.25) is 0 Å². The van der Waals surface area contributed by atoms with Crippen LogP contribution in [0, 0.1) is 5.82 Å². The Morgan fingerprint density at radius 2 is 2.14 bits per heavy atom. The first-order valence-corrected chi connectivity index (χ1v) is 8.85. The molecule has 0 amide bonds. The highest BCUT2D eigenvalue weighted by Gasteiger charge is 2.33. The van der Waals surface area contributed by atoms with Crippen LogP contribution in [0.2, 0.25) is 0 Å². The van der Waals surface area contributed by atoms with Crippen LogP contribution >= 0.6 is 0 Å². The molecule has 1 unspecified atom stereocenters. The highest BCUT2D eigenvalue weighted by molar-refractivity contribution is 7.89. The van der Waals surface area contributed by atoms with Gasteiger partial charge in [-0.25, -0.2) is 12.8 Å². The molecular weight excluding hydrogens is 293 g/mol. The molecule has 1 atom stereocenters. The zero-order chi connectivity index (χ0) is 15.5. The van der Waals surface area contributed by atoms with E-state index in [1.165, 1.54) is 12.1 Å². The van der Waals surface area contributed by atoms with Crippen molar-refractivity contribution in [2.45, 2.75) is 56.6 Å². The van der Waals surface area contributed by atoms with Crippen molar-refractivity contribution in [2.24, 2.45) is 0 Å². The van der Waals surface area contributed by atoms with Crippen LogP contribution in [0.3, 0.4) is 0 Å². The second-order valence-corrected chi connectivity index (χ2v) is 7.36. The van der Waals surface area contributed by atoms with Crippen molar-refractivity contribution in [3.05, 3.63) is 29.6 Å². The number of benzene rings is 1. The van der Waals surface area contributed by atoms with E-state index in [0.717, 1.165) is 38.2 Å². The molecule has 0 saturated carbocycles. The van der Waals surface area contributed by atoms with Crippen molar-refractivity contribution >= 4 is 10.0 Å². The molecule has 21 heavy (non-hydrogen) atoms. The first-order valence-electron chi connectivity index (χ1n) is 7.41. The Kier molecular flexibility index (Phi) is 5.35. The predicted molar refractivity (Wildman–Crippen MR) is 78.8 cm³/mol. The van der Waals surface area contributed by atoms with Gasteiger partial charge in [-0.1, -0.05) is 19.8 Å². The van der Waals surface area contributed by atoms with Crippen molar-refractivity contribution in [3.8, 4) is 0 Å². The predicted octanol–water partition coefficient (Wildman–Crippen LogP) is 2.66. The smallest absolute Gasteiger partial charge is 0.243 e. The van der Waals surface area contributed by atoms with E-state index in [1.54, 1.807) is 4.31 Å². The molecule has 118 valence electrons. The Balaban J connectivity index is 2.35. The summed E-state index contributed by atoms with van der Waals surface area (Å²) in [5, 5.41) is 9.11. The van der Waals surface area contributed by atoms with E-state index >= 15 is 0 Å². The zero-order valence-corrected chi connectivity index (χ0v) is 13.1. The number of sulfonamides is 1. The number of piperidine rings is 1. The van der Waals surface area contributed by atoms with Gasteiger partial charge in [0.1, 0.15) is 5.82 Å². The van der Waals surface area contributed by atoms with Gasteiger partial charge in [0.2, 0.25) is 10.0 Å². The third-order valence-electron chi connectivity index (χ3n) is 3.99. The van der Waals surface area contributed by atoms with Crippen LogP contribution < -0.4 is 0 Å². The van der Waals surface area contributed by atoms with E-state index in [2.05, 4.69) is 0 Å². The first-order chi connectivity index (χ1) is 10.0. The van der Waals surface area contributed by atoms with E-state index in [9.17, 15) is 12.8 Å². The highest BCUT2D eigenvalue weighted by Crippen LogP contribution is 2.28. The zero-order valence-electron chi connectivity index (χ0n) is 12.3. The molecule has 0 aromatic heterocycles. The summed E-state index contributed by atoms with van der Waals surface area (Å²) in [6.07, 6.45) is 4.55. The third-order valence-corrected chi connectivity index (χ3v) is 5.94. The molecule has 2 rings (SSSR count). The van der Waals surface area contributed by atoms with E-state index in [1.807, 2.05) is 6.92 Å². The Labute approximate surface area is 125 Å². The lowest BCUT2D eigenvalue weighted by Gasteiger charge is -2.34. The average molecular weight is 315 g/mol. The molecular formula is C15H22FNO3S. The third kappa shape index (κ3) is 3.44. The van der Waals surface area contributed by atoms with E-state index in [4.69, 9.17) is 5.11 Å². The van der Waals surface area contributed by atoms with Crippen LogP contribution in [-0.2, 0) is 16.6 Å². The van der Waals surface area contributed by atoms with E-state index in [0.29, 0.717) is 6.54 Å². The number of aliphatic hydroxyl groups is 1. The number of nitrogens with zero attached hydrogens (tertiary/aromatic N) is 1. The maximum Gasteiger partial charge on any atom is 0.243 e. The number of aliphatic hydroxyl groups excluding tert-OH is 1. The largest absolute Gasteiger partial charge is 0.392 e. The fourth-order valence-electron chi connectivity index (χ4n) is 2.88. The topological polar surface area (TPSA) is 57.6 Å². The van der Waals surface area contributed by atoms with Gasteiger partial charge in [-0.2, -0.15) is 4.31 Å². The van der Waals surface area contributed by atoms with Crippen molar-refractivity contribution in [2.75, 3.05) is 6.54 Å². The molecule has 0 bridgehead atoms. The molecule has 1 aliphatic rings. The normalized spacial score (nSPS) is 20.6. The van der Waals surface area contributed by atoms with Gasteiger partial charge >= 0.3 is 0 Å². The minimum atomic E-state index is -3.63. The maximum atomic E-state index is 13.4. The van der Waals surface area contributed by atoms with Gasteiger partial charge in [0.05, 0.1) is 11.5 Å². The van der Waals surface area contributed by atoms with Crippen LogP contribution in [0.15, 0.2) is 23.1 Å². The number of hydrogen-bond donors (Lipinski definition) is 1. The maximum absolute atomic E-state index is 13.4. The standard InChI is InChI=1S/C15H22FNO3S/c1-2-5-13-6-3-4-9-17(13)21(19,20)14-7-8-15(16)12(10-14)11-18/h7-8,10,13,18H,2-6,9,11H2,1H3. The van der Waals surface area contributed by atoms with E-state index < -0.39 is 22.4 Å². The fraction of sp³-hybridized carbons (Fsp3) is 0.600. The summed E-state index contributed by atoms with van der Waals surface area (Å²) < 4.78 is 40.5. The number of hydrogen-bond acceptors (Lipinski definition) is 3. The minimum absolute atomic E-state index is 0.0140. The molecule has 4 nitrogen and oxygen atoms in total. The van der Waals surface area contributed by atoms with Crippen LogP contribution in [0.25, 0.3) is 0 Å². The summed E-state index contributed by atoms with van der Waals surface area (Å²) in [7, 11) is -3.63. The van der Waals surface area contributed by atoms with Gasteiger partial charge in [0, 0.05) is 18.2 Å². The molecule has 1 fully saturated rings. The minimum Gasteiger partial charge on any atom is -0.392 e. The Hall–Kier alpha value is -0.980. The van der Waals surface area contributed by atoms with Crippen LogP contribution in [0.4, 0.5) is 4.39 Å². The summed E-state index contributed by atoms with van der Waals surface area (Å²) in [6, 6.07) is 3.65.